The molecule has 1 heterocycles. The zero-order chi connectivity index (χ0) is 12.5. The lowest BCUT2D eigenvalue weighted by molar-refractivity contribution is -0.120. The largest absolute Gasteiger partial charge is 0.385 e. The van der Waals surface area contributed by atoms with Crippen molar-refractivity contribution >= 4 is 17.2 Å². The van der Waals surface area contributed by atoms with Crippen LogP contribution >= 0.6 is 11.3 Å². The Hall–Kier alpha value is -0.910. The van der Waals surface area contributed by atoms with Gasteiger partial charge in [-0.15, -0.1) is 0 Å². The molecule has 0 aliphatic carbocycles. The number of aryl methyl sites for hydroxylation is 1. The van der Waals surface area contributed by atoms with Crippen molar-refractivity contribution in [2.45, 2.75) is 19.9 Å². The molecule has 0 aliphatic rings. The van der Waals surface area contributed by atoms with Crippen LogP contribution < -0.4 is 10.6 Å². The van der Waals surface area contributed by atoms with E-state index in [1.54, 1.807) is 18.4 Å². The minimum atomic E-state index is 0.0361. The van der Waals surface area contributed by atoms with Crippen LogP contribution in [0.2, 0.25) is 0 Å². The summed E-state index contributed by atoms with van der Waals surface area (Å²) in [6, 6.07) is 0. The van der Waals surface area contributed by atoms with E-state index < -0.39 is 0 Å². The number of hydrogen-bond acceptors (Lipinski definition) is 4. The smallest absolute Gasteiger partial charge is 0.233 e. The van der Waals surface area contributed by atoms with E-state index in [9.17, 15) is 4.79 Å². The van der Waals surface area contributed by atoms with E-state index in [0.717, 1.165) is 13.0 Å². The van der Waals surface area contributed by atoms with Crippen LogP contribution in [0.5, 0.6) is 0 Å². The molecule has 0 saturated carbocycles. The van der Waals surface area contributed by atoms with Crippen LogP contribution in [0.4, 0.5) is 0 Å². The van der Waals surface area contributed by atoms with Gasteiger partial charge >= 0.3 is 0 Å². The van der Waals surface area contributed by atoms with E-state index in [1.807, 2.05) is 0 Å². The summed E-state index contributed by atoms with van der Waals surface area (Å²) in [6.07, 6.45) is 0.853. The molecular formula is C12H20N2O2S. The Morgan fingerprint density at radius 2 is 2.29 bits per heavy atom. The molecular weight excluding hydrogens is 236 g/mol. The molecule has 1 aromatic rings. The molecule has 0 bridgehead atoms. The van der Waals surface area contributed by atoms with Crippen molar-refractivity contribution in [1.29, 1.82) is 0 Å². The number of amides is 1. The lowest BCUT2D eigenvalue weighted by Crippen LogP contribution is -2.34. The molecule has 0 saturated heterocycles. The summed E-state index contributed by atoms with van der Waals surface area (Å²) in [4.78, 5) is 11.4. The van der Waals surface area contributed by atoms with Crippen molar-refractivity contribution < 1.29 is 9.53 Å². The average Bonchev–Trinajstić information content (AvgIpc) is 2.71. The summed E-state index contributed by atoms with van der Waals surface area (Å²) in [5, 5.41) is 10.2. The number of ether oxygens (including phenoxy) is 1. The fraction of sp³-hybridized carbons (Fsp3) is 0.583. The molecule has 17 heavy (non-hydrogen) atoms. The van der Waals surface area contributed by atoms with Crippen LogP contribution in [0.25, 0.3) is 0 Å². The van der Waals surface area contributed by atoms with Crippen molar-refractivity contribution in [3.8, 4) is 0 Å². The summed E-state index contributed by atoms with van der Waals surface area (Å²) < 4.78 is 4.90. The molecule has 0 radical (unpaired) electrons. The average molecular weight is 256 g/mol. The first kappa shape index (κ1) is 14.2. The third kappa shape index (κ3) is 5.81. The Labute approximate surface area is 106 Å². The molecule has 0 aromatic carbocycles. The van der Waals surface area contributed by atoms with Crippen molar-refractivity contribution in [2.24, 2.45) is 0 Å². The normalized spacial score (nSPS) is 10.5. The number of rotatable bonds is 8. The molecule has 0 atom stereocenters. The van der Waals surface area contributed by atoms with Crippen LogP contribution in [0, 0.1) is 6.92 Å². The van der Waals surface area contributed by atoms with Gasteiger partial charge < -0.3 is 15.4 Å². The summed E-state index contributed by atoms with van der Waals surface area (Å²) in [5.74, 6) is 0.0361. The first-order valence-electron chi connectivity index (χ1n) is 5.72. The number of methoxy groups -OCH3 is 1. The Morgan fingerprint density at radius 1 is 1.47 bits per heavy atom. The zero-order valence-corrected chi connectivity index (χ0v) is 11.2. The lowest BCUT2D eigenvalue weighted by Gasteiger charge is -2.06. The summed E-state index contributed by atoms with van der Waals surface area (Å²) in [6.45, 7) is 4.55. The number of carbonyl (C=O) groups is 1. The number of nitrogens with one attached hydrogen (secondary N) is 2. The van der Waals surface area contributed by atoms with E-state index in [1.165, 1.54) is 11.1 Å². The van der Waals surface area contributed by atoms with E-state index in [-0.39, 0.29) is 5.91 Å². The molecule has 96 valence electrons. The second kappa shape index (κ2) is 8.22. The molecule has 0 spiro atoms. The van der Waals surface area contributed by atoms with Gasteiger partial charge in [-0.25, -0.2) is 0 Å². The first-order valence-corrected chi connectivity index (χ1v) is 6.66. The van der Waals surface area contributed by atoms with Gasteiger partial charge in [0.15, 0.2) is 0 Å². The predicted molar refractivity (Wildman–Crippen MR) is 70.3 cm³/mol. The highest BCUT2D eigenvalue weighted by Gasteiger charge is 2.02. The van der Waals surface area contributed by atoms with Crippen LogP contribution in [0.3, 0.4) is 0 Å². The van der Waals surface area contributed by atoms with Gasteiger partial charge in [-0.05, 0) is 35.2 Å². The standard InChI is InChI=1S/C12H20N2O2S/c1-10-8-17-9-11(10)6-13-7-12(15)14-4-3-5-16-2/h8-9,13H,3-7H2,1-2H3,(H,14,15). The first-order chi connectivity index (χ1) is 8.24. The van der Waals surface area contributed by atoms with Gasteiger partial charge in [-0.3, -0.25) is 4.79 Å². The quantitative estimate of drug-likeness (QED) is 0.689. The lowest BCUT2D eigenvalue weighted by atomic mass is 10.2. The molecule has 1 rings (SSSR count). The van der Waals surface area contributed by atoms with Crippen molar-refractivity contribution in [2.75, 3.05) is 26.8 Å². The zero-order valence-electron chi connectivity index (χ0n) is 10.4. The maximum atomic E-state index is 11.4. The van der Waals surface area contributed by atoms with Gasteiger partial charge in [0.05, 0.1) is 6.54 Å². The molecule has 1 amide bonds. The highest BCUT2D eigenvalue weighted by Crippen LogP contribution is 2.12. The van der Waals surface area contributed by atoms with Crippen LogP contribution in [-0.2, 0) is 16.1 Å². The Bertz CT molecular complexity index is 339. The van der Waals surface area contributed by atoms with E-state index in [2.05, 4.69) is 28.3 Å². The highest BCUT2D eigenvalue weighted by molar-refractivity contribution is 7.08. The number of thiophene rings is 1. The van der Waals surface area contributed by atoms with Crippen molar-refractivity contribution in [3.63, 3.8) is 0 Å². The Balaban J connectivity index is 2.06. The van der Waals surface area contributed by atoms with Crippen LogP contribution in [0.1, 0.15) is 17.5 Å². The van der Waals surface area contributed by atoms with Gasteiger partial charge in [0.2, 0.25) is 5.91 Å². The van der Waals surface area contributed by atoms with Gasteiger partial charge in [0.1, 0.15) is 0 Å². The minimum Gasteiger partial charge on any atom is -0.385 e. The van der Waals surface area contributed by atoms with Gasteiger partial charge in [0, 0.05) is 26.8 Å². The topological polar surface area (TPSA) is 50.4 Å². The fourth-order valence-corrected chi connectivity index (χ4v) is 2.24. The SMILES string of the molecule is COCCCNC(=O)CNCc1cscc1C. The Morgan fingerprint density at radius 3 is 2.94 bits per heavy atom. The second-order valence-electron chi connectivity index (χ2n) is 3.88. The third-order valence-corrected chi connectivity index (χ3v) is 3.32. The molecule has 4 nitrogen and oxygen atoms in total. The van der Waals surface area contributed by atoms with Crippen LogP contribution in [0.15, 0.2) is 10.8 Å². The number of carbonyl (C=O) groups excluding carboxylic acids is 1. The van der Waals surface area contributed by atoms with Gasteiger partial charge in [0.25, 0.3) is 0 Å². The summed E-state index contributed by atoms with van der Waals surface area (Å²) in [5.41, 5.74) is 2.55. The molecule has 0 aliphatic heterocycles. The monoisotopic (exact) mass is 256 g/mol. The minimum absolute atomic E-state index is 0.0361. The van der Waals surface area contributed by atoms with Crippen LogP contribution in [-0.4, -0.2) is 32.7 Å². The van der Waals surface area contributed by atoms with Crippen molar-refractivity contribution in [1.82, 2.24) is 10.6 Å². The molecule has 0 fully saturated rings. The predicted octanol–water partition coefficient (Wildman–Crippen LogP) is 1.30. The molecule has 0 unspecified atom stereocenters. The molecule has 1 aromatic heterocycles. The molecule has 5 heteroatoms. The van der Waals surface area contributed by atoms with Gasteiger partial charge in [-0.2, -0.15) is 11.3 Å². The fourth-order valence-electron chi connectivity index (χ4n) is 1.39. The maximum Gasteiger partial charge on any atom is 0.233 e. The molecule has 2 N–H and O–H groups in total. The second-order valence-corrected chi connectivity index (χ2v) is 4.62. The van der Waals surface area contributed by atoms with Crippen molar-refractivity contribution in [3.05, 3.63) is 21.9 Å². The van der Waals surface area contributed by atoms with Gasteiger partial charge in [-0.1, -0.05) is 0 Å². The summed E-state index contributed by atoms with van der Waals surface area (Å²) >= 11 is 1.69. The highest BCUT2D eigenvalue weighted by atomic mass is 32.1. The maximum absolute atomic E-state index is 11.4. The van der Waals surface area contributed by atoms with E-state index in [4.69, 9.17) is 4.74 Å². The summed E-state index contributed by atoms with van der Waals surface area (Å²) in [7, 11) is 1.66. The van der Waals surface area contributed by atoms with E-state index in [0.29, 0.717) is 19.7 Å². The number of hydrogen-bond donors (Lipinski definition) is 2. The Kier molecular flexibility index (Phi) is 6.84. The third-order valence-electron chi connectivity index (χ3n) is 2.41. The van der Waals surface area contributed by atoms with E-state index >= 15 is 0 Å².